The number of thiophene rings is 1. The summed E-state index contributed by atoms with van der Waals surface area (Å²) in [5, 5.41) is 8.01. The molecule has 1 saturated heterocycles. The molecule has 0 bridgehead atoms. The number of benzene rings is 2. The third-order valence-electron chi connectivity index (χ3n) is 4.79. The van der Waals surface area contributed by atoms with Crippen molar-refractivity contribution in [1.29, 1.82) is 0 Å². The van der Waals surface area contributed by atoms with E-state index in [1.165, 1.54) is 11.3 Å². The number of nitrogens with zero attached hydrogens (tertiary/aromatic N) is 1. The van der Waals surface area contributed by atoms with Gasteiger partial charge in [-0.25, -0.2) is 0 Å². The summed E-state index contributed by atoms with van der Waals surface area (Å²) in [5.74, 6) is -1.57. The first-order chi connectivity index (χ1) is 14.5. The van der Waals surface area contributed by atoms with Crippen LogP contribution in [0.15, 0.2) is 66.0 Å². The molecule has 2 N–H and O–H groups in total. The molecular weight excluding hydrogens is 422 g/mol. The standard InChI is InChI=1S/C22H18ClN3O3S/c23-14-6-8-17(9-7-14)26-11-10-18(22(26)29)20(27)24-15-3-1-4-16(13-15)25-21(28)19-5-2-12-30-19/h1-9,12-13,18H,10-11H2,(H,24,27)(H,25,28). The van der Waals surface area contributed by atoms with Crippen LogP contribution in [0.2, 0.25) is 5.02 Å². The first-order valence-electron chi connectivity index (χ1n) is 9.34. The van der Waals surface area contributed by atoms with E-state index in [2.05, 4.69) is 10.6 Å². The molecule has 1 aromatic heterocycles. The minimum atomic E-state index is -0.759. The molecule has 1 aliphatic rings. The predicted octanol–water partition coefficient (Wildman–Crippen LogP) is 4.65. The number of rotatable bonds is 5. The second kappa shape index (κ2) is 8.69. The van der Waals surface area contributed by atoms with Gasteiger partial charge in [0, 0.05) is 28.6 Å². The number of carbonyl (C=O) groups excluding carboxylic acids is 3. The Morgan fingerprint density at radius 2 is 1.73 bits per heavy atom. The average molecular weight is 440 g/mol. The number of halogens is 1. The van der Waals surface area contributed by atoms with Crippen LogP contribution >= 0.6 is 22.9 Å². The van der Waals surface area contributed by atoms with Gasteiger partial charge >= 0.3 is 0 Å². The molecule has 6 nitrogen and oxygen atoms in total. The Balaban J connectivity index is 1.41. The SMILES string of the molecule is O=C(Nc1cccc(NC(=O)C2CCN(c3ccc(Cl)cc3)C2=O)c1)c1cccs1. The van der Waals surface area contributed by atoms with E-state index in [-0.39, 0.29) is 17.7 Å². The van der Waals surface area contributed by atoms with Crippen LogP contribution in [0.25, 0.3) is 0 Å². The Morgan fingerprint density at radius 3 is 2.43 bits per heavy atom. The van der Waals surface area contributed by atoms with Gasteiger partial charge in [-0.3, -0.25) is 14.4 Å². The number of amides is 3. The maximum atomic E-state index is 12.7. The molecule has 1 fully saturated rings. The number of nitrogens with one attached hydrogen (secondary N) is 2. The lowest BCUT2D eigenvalue weighted by atomic mass is 10.1. The number of hydrogen-bond acceptors (Lipinski definition) is 4. The largest absolute Gasteiger partial charge is 0.325 e. The van der Waals surface area contributed by atoms with Crippen LogP contribution in [0.4, 0.5) is 17.1 Å². The van der Waals surface area contributed by atoms with Gasteiger partial charge in [0.1, 0.15) is 5.92 Å². The lowest BCUT2D eigenvalue weighted by molar-refractivity contribution is -0.129. The van der Waals surface area contributed by atoms with E-state index < -0.39 is 5.92 Å². The van der Waals surface area contributed by atoms with Gasteiger partial charge in [0.2, 0.25) is 11.8 Å². The Hall–Kier alpha value is -3.16. The quantitative estimate of drug-likeness (QED) is 0.568. The average Bonchev–Trinajstić information content (AvgIpc) is 3.39. The molecule has 2 heterocycles. The maximum absolute atomic E-state index is 12.7. The van der Waals surface area contributed by atoms with E-state index in [4.69, 9.17) is 11.6 Å². The lowest BCUT2D eigenvalue weighted by Gasteiger charge is -2.17. The topological polar surface area (TPSA) is 78.5 Å². The summed E-state index contributed by atoms with van der Waals surface area (Å²) in [6.07, 6.45) is 0.433. The smallest absolute Gasteiger partial charge is 0.265 e. The predicted molar refractivity (Wildman–Crippen MR) is 119 cm³/mol. The molecule has 3 amide bonds. The molecule has 4 rings (SSSR count). The minimum Gasteiger partial charge on any atom is -0.325 e. The van der Waals surface area contributed by atoms with Crippen molar-refractivity contribution in [3.05, 3.63) is 75.9 Å². The summed E-state index contributed by atoms with van der Waals surface area (Å²) in [6.45, 7) is 0.468. The molecule has 1 unspecified atom stereocenters. The van der Waals surface area contributed by atoms with Crippen LogP contribution in [0.5, 0.6) is 0 Å². The van der Waals surface area contributed by atoms with Gasteiger partial charge in [-0.05, 0) is 60.3 Å². The fourth-order valence-electron chi connectivity index (χ4n) is 3.31. The van der Waals surface area contributed by atoms with E-state index >= 15 is 0 Å². The summed E-state index contributed by atoms with van der Waals surface area (Å²) >= 11 is 7.25. The van der Waals surface area contributed by atoms with E-state index in [0.717, 1.165) is 5.69 Å². The first kappa shape index (κ1) is 20.1. The van der Waals surface area contributed by atoms with Crippen molar-refractivity contribution >= 4 is 57.7 Å². The zero-order chi connectivity index (χ0) is 21.1. The fraction of sp³-hybridized carbons (Fsp3) is 0.136. The molecule has 3 aromatic rings. The Morgan fingerprint density at radius 1 is 1.00 bits per heavy atom. The molecule has 2 aromatic carbocycles. The van der Waals surface area contributed by atoms with Crippen molar-refractivity contribution in [2.75, 3.05) is 22.1 Å². The van der Waals surface area contributed by atoms with E-state index in [1.54, 1.807) is 59.5 Å². The van der Waals surface area contributed by atoms with Gasteiger partial charge in [0.25, 0.3) is 5.91 Å². The number of hydrogen-bond donors (Lipinski definition) is 2. The zero-order valence-corrected chi connectivity index (χ0v) is 17.4. The van der Waals surface area contributed by atoms with Crippen LogP contribution in [0, 0.1) is 5.92 Å². The Labute approximate surface area is 182 Å². The maximum Gasteiger partial charge on any atom is 0.265 e. The van der Waals surface area contributed by atoms with Gasteiger partial charge < -0.3 is 15.5 Å². The second-order valence-corrected chi connectivity index (χ2v) is 8.19. The van der Waals surface area contributed by atoms with Crippen molar-refractivity contribution in [2.45, 2.75) is 6.42 Å². The second-order valence-electron chi connectivity index (χ2n) is 6.81. The van der Waals surface area contributed by atoms with Gasteiger partial charge in [0.05, 0.1) is 4.88 Å². The lowest BCUT2D eigenvalue weighted by Crippen LogP contribution is -2.33. The summed E-state index contributed by atoms with van der Waals surface area (Å²) in [4.78, 5) is 39.9. The zero-order valence-electron chi connectivity index (χ0n) is 15.8. The monoisotopic (exact) mass is 439 g/mol. The van der Waals surface area contributed by atoms with Gasteiger partial charge in [0.15, 0.2) is 0 Å². The van der Waals surface area contributed by atoms with E-state index in [9.17, 15) is 14.4 Å². The van der Waals surface area contributed by atoms with Crippen LogP contribution in [0.1, 0.15) is 16.1 Å². The van der Waals surface area contributed by atoms with Crippen LogP contribution in [-0.4, -0.2) is 24.3 Å². The fourth-order valence-corrected chi connectivity index (χ4v) is 4.05. The highest BCUT2D eigenvalue weighted by atomic mass is 35.5. The molecule has 152 valence electrons. The molecule has 0 saturated carbocycles. The first-order valence-corrected chi connectivity index (χ1v) is 10.6. The van der Waals surface area contributed by atoms with Crippen LogP contribution in [0.3, 0.4) is 0 Å². The highest BCUT2D eigenvalue weighted by Crippen LogP contribution is 2.27. The minimum absolute atomic E-state index is 0.210. The molecule has 0 radical (unpaired) electrons. The Kier molecular flexibility index (Phi) is 5.83. The molecular formula is C22H18ClN3O3S. The van der Waals surface area contributed by atoms with Crippen molar-refractivity contribution < 1.29 is 14.4 Å². The van der Waals surface area contributed by atoms with Crippen molar-refractivity contribution in [1.82, 2.24) is 0 Å². The van der Waals surface area contributed by atoms with Gasteiger partial charge in [-0.15, -0.1) is 11.3 Å². The summed E-state index contributed by atoms with van der Waals surface area (Å²) in [5.41, 5.74) is 1.80. The normalized spacial score (nSPS) is 15.8. The number of carbonyl (C=O) groups is 3. The summed E-state index contributed by atoms with van der Waals surface area (Å²) in [6, 6.07) is 17.4. The number of anilines is 3. The third-order valence-corrected chi connectivity index (χ3v) is 5.91. The summed E-state index contributed by atoms with van der Waals surface area (Å²) < 4.78 is 0. The summed E-state index contributed by atoms with van der Waals surface area (Å²) in [7, 11) is 0. The van der Waals surface area contributed by atoms with Crippen molar-refractivity contribution in [3.63, 3.8) is 0 Å². The van der Waals surface area contributed by atoms with E-state index in [0.29, 0.717) is 34.2 Å². The highest BCUT2D eigenvalue weighted by molar-refractivity contribution is 7.12. The third kappa shape index (κ3) is 4.37. The molecule has 8 heteroatoms. The van der Waals surface area contributed by atoms with E-state index in [1.807, 2.05) is 11.4 Å². The molecule has 0 spiro atoms. The van der Waals surface area contributed by atoms with Gasteiger partial charge in [-0.2, -0.15) is 0 Å². The van der Waals surface area contributed by atoms with Crippen LogP contribution < -0.4 is 15.5 Å². The molecule has 30 heavy (non-hydrogen) atoms. The van der Waals surface area contributed by atoms with Crippen molar-refractivity contribution in [2.24, 2.45) is 5.92 Å². The highest BCUT2D eigenvalue weighted by Gasteiger charge is 2.37. The Bertz CT molecular complexity index is 1080. The molecule has 1 aliphatic heterocycles. The molecule has 0 aliphatic carbocycles. The molecule has 1 atom stereocenters. The van der Waals surface area contributed by atoms with Gasteiger partial charge in [-0.1, -0.05) is 23.7 Å². The van der Waals surface area contributed by atoms with Crippen molar-refractivity contribution in [3.8, 4) is 0 Å². The van der Waals surface area contributed by atoms with Crippen LogP contribution in [-0.2, 0) is 9.59 Å².